The number of phenolic OH excluding ortho intramolecular Hbond substituents is 1. The zero-order chi connectivity index (χ0) is 23.3. The molecule has 2 aromatic carbocycles. The van der Waals surface area contributed by atoms with Crippen LogP contribution in [-0.2, 0) is 9.59 Å². The molecule has 0 aliphatic carbocycles. The maximum atomic E-state index is 13.0. The molecule has 1 aliphatic rings. The van der Waals surface area contributed by atoms with Gasteiger partial charge in [-0.25, -0.2) is 0 Å². The van der Waals surface area contributed by atoms with Crippen molar-refractivity contribution < 1.29 is 24.5 Å². The molecule has 1 amide bonds. The summed E-state index contributed by atoms with van der Waals surface area (Å²) >= 11 is 0. The zero-order valence-corrected chi connectivity index (χ0v) is 18.3. The van der Waals surface area contributed by atoms with E-state index in [-0.39, 0.29) is 17.1 Å². The lowest BCUT2D eigenvalue weighted by Crippen LogP contribution is -2.32. The average molecular weight is 437 g/mol. The molecule has 168 valence electrons. The molecule has 2 aromatic rings. The van der Waals surface area contributed by atoms with Crippen molar-refractivity contribution in [2.75, 3.05) is 33.8 Å². The molecule has 0 aromatic heterocycles. The van der Waals surface area contributed by atoms with E-state index in [2.05, 4.69) is 6.58 Å². The van der Waals surface area contributed by atoms with Gasteiger partial charge in [0.2, 0.25) is 0 Å². The first kappa shape index (κ1) is 23.1. The number of likely N-dealkylation sites (tertiary alicyclic amines) is 1. The monoisotopic (exact) mass is 436 g/mol. The van der Waals surface area contributed by atoms with Gasteiger partial charge in [-0.1, -0.05) is 24.8 Å². The second-order valence-corrected chi connectivity index (χ2v) is 7.86. The van der Waals surface area contributed by atoms with Crippen molar-refractivity contribution in [1.29, 1.82) is 0 Å². The van der Waals surface area contributed by atoms with Gasteiger partial charge < -0.3 is 24.7 Å². The number of benzene rings is 2. The topological polar surface area (TPSA) is 90.3 Å². The molecule has 3 rings (SSSR count). The second kappa shape index (κ2) is 10.2. The van der Waals surface area contributed by atoms with E-state index in [1.165, 1.54) is 17.0 Å². The smallest absolute Gasteiger partial charge is 0.295 e. The number of carbonyl (C=O) groups excluding carboxylic acids is 2. The van der Waals surface area contributed by atoms with Crippen LogP contribution in [0.15, 0.2) is 66.8 Å². The van der Waals surface area contributed by atoms with Gasteiger partial charge in [0.1, 0.15) is 23.9 Å². The van der Waals surface area contributed by atoms with E-state index in [0.29, 0.717) is 36.4 Å². The maximum absolute atomic E-state index is 13.0. The van der Waals surface area contributed by atoms with Gasteiger partial charge in [-0.2, -0.15) is 0 Å². The molecule has 0 unspecified atom stereocenters. The summed E-state index contributed by atoms with van der Waals surface area (Å²) in [5.74, 6) is -0.937. The molecule has 1 atom stereocenters. The highest BCUT2D eigenvalue weighted by molar-refractivity contribution is 6.46. The number of aromatic hydroxyl groups is 1. The fourth-order valence-corrected chi connectivity index (χ4v) is 3.69. The van der Waals surface area contributed by atoms with E-state index in [9.17, 15) is 19.8 Å². The number of aliphatic hydroxyl groups is 1. The zero-order valence-electron chi connectivity index (χ0n) is 18.3. The Morgan fingerprint density at radius 3 is 2.38 bits per heavy atom. The van der Waals surface area contributed by atoms with E-state index in [1.54, 1.807) is 42.5 Å². The summed E-state index contributed by atoms with van der Waals surface area (Å²) in [6, 6.07) is 12.2. The van der Waals surface area contributed by atoms with Crippen molar-refractivity contribution in [2.24, 2.45) is 0 Å². The van der Waals surface area contributed by atoms with Gasteiger partial charge in [0, 0.05) is 12.1 Å². The van der Waals surface area contributed by atoms with Crippen LogP contribution >= 0.6 is 0 Å². The predicted octanol–water partition coefficient (Wildman–Crippen LogP) is 3.33. The quantitative estimate of drug-likeness (QED) is 0.271. The Bertz CT molecular complexity index is 1010. The Morgan fingerprint density at radius 1 is 1.12 bits per heavy atom. The van der Waals surface area contributed by atoms with Crippen molar-refractivity contribution >= 4 is 17.4 Å². The number of hydrogen-bond donors (Lipinski definition) is 2. The molecule has 0 spiro atoms. The van der Waals surface area contributed by atoms with Crippen LogP contribution < -0.4 is 4.74 Å². The van der Waals surface area contributed by atoms with E-state index < -0.39 is 17.7 Å². The molecule has 1 fully saturated rings. The molecule has 2 N–H and O–H groups in total. The number of rotatable bonds is 9. The number of hydrogen-bond acceptors (Lipinski definition) is 6. The minimum Gasteiger partial charge on any atom is -0.508 e. The largest absolute Gasteiger partial charge is 0.508 e. The Morgan fingerprint density at radius 2 is 1.78 bits per heavy atom. The SMILES string of the molecule is C=CCOc1ccc(/C(O)=C2\C(=O)C(=O)N(CCCN(C)C)[C@@H]2c2ccc(O)cc2)cc1. The van der Waals surface area contributed by atoms with Crippen LogP contribution in [0.5, 0.6) is 11.5 Å². The molecular weight excluding hydrogens is 408 g/mol. The molecule has 32 heavy (non-hydrogen) atoms. The third kappa shape index (κ3) is 5.00. The number of amides is 1. The lowest BCUT2D eigenvalue weighted by atomic mass is 9.95. The average Bonchev–Trinajstić information content (AvgIpc) is 3.03. The molecule has 7 heteroatoms. The molecule has 1 heterocycles. The van der Waals surface area contributed by atoms with Crippen molar-refractivity contribution in [3.8, 4) is 11.5 Å². The number of ether oxygens (including phenoxy) is 1. The summed E-state index contributed by atoms with van der Waals surface area (Å²) < 4.78 is 5.46. The lowest BCUT2D eigenvalue weighted by molar-refractivity contribution is -0.139. The highest BCUT2D eigenvalue weighted by atomic mass is 16.5. The molecule has 1 saturated heterocycles. The lowest BCUT2D eigenvalue weighted by Gasteiger charge is -2.26. The Kier molecular flexibility index (Phi) is 7.33. The Labute approximate surface area is 187 Å². The van der Waals surface area contributed by atoms with Crippen LogP contribution in [0.2, 0.25) is 0 Å². The van der Waals surface area contributed by atoms with Gasteiger partial charge in [0.25, 0.3) is 11.7 Å². The highest BCUT2D eigenvalue weighted by Crippen LogP contribution is 2.40. The summed E-state index contributed by atoms with van der Waals surface area (Å²) in [5.41, 5.74) is 1.08. The minimum absolute atomic E-state index is 0.0327. The maximum Gasteiger partial charge on any atom is 0.295 e. The third-order valence-electron chi connectivity index (χ3n) is 5.25. The summed E-state index contributed by atoms with van der Waals surface area (Å²) in [4.78, 5) is 29.4. The fourth-order valence-electron chi connectivity index (χ4n) is 3.69. The summed E-state index contributed by atoms with van der Waals surface area (Å²) in [6.07, 6.45) is 2.30. The molecular formula is C25H28N2O5. The van der Waals surface area contributed by atoms with Gasteiger partial charge in [-0.05, 0) is 69.0 Å². The normalized spacial score (nSPS) is 17.7. The van der Waals surface area contributed by atoms with Gasteiger partial charge in [0.05, 0.1) is 11.6 Å². The molecule has 1 aliphatic heterocycles. The van der Waals surface area contributed by atoms with Gasteiger partial charge in [-0.3, -0.25) is 9.59 Å². The number of nitrogens with zero attached hydrogens (tertiary/aromatic N) is 2. The van der Waals surface area contributed by atoms with E-state index >= 15 is 0 Å². The first-order chi connectivity index (χ1) is 15.3. The van der Waals surface area contributed by atoms with Crippen LogP contribution in [0.4, 0.5) is 0 Å². The van der Waals surface area contributed by atoms with Crippen LogP contribution in [0.3, 0.4) is 0 Å². The predicted molar refractivity (Wildman–Crippen MR) is 122 cm³/mol. The van der Waals surface area contributed by atoms with Crippen molar-refractivity contribution in [3.05, 3.63) is 77.9 Å². The summed E-state index contributed by atoms with van der Waals surface area (Å²) in [6.45, 7) is 5.06. The number of phenols is 1. The number of aliphatic hydroxyl groups excluding tert-OH is 1. The molecule has 0 bridgehead atoms. The summed E-state index contributed by atoms with van der Waals surface area (Å²) in [5, 5.41) is 20.7. The fraction of sp³-hybridized carbons (Fsp3) is 0.280. The van der Waals surface area contributed by atoms with E-state index in [4.69, 9.17) is 4.74 Å². The molecule has 0 saturated carbocycles. The van der Waals surface area contributed by atoms with E-state index in [1.807, 2.05) is 19.0 Å². The Hall–Kier alpha value is -3.58. The van der Waals surface area contributed by atoms with Crippen molar-refractivity contribution in [2.45, 2.75) is 12.5 Å². The molecule has 0 radical (unpaired) electrons. The first-order valence-corrected chi connectivity index (χ1v) is 10.4. The minimum atomic E-state index is -0.741. The van der Waals surface area contributed by atoms with Crippen molar-refractivity contribution in [1.82, 2.24) is 9.80 Å². The van der Waals surface area contributed by atoms with Crippen LogP contribution in [0, 0.1) is 0 Å². The van der Waals surface area contributed by atoms with Crippen LogP contribution in [0.25, 0.3) is 5.76 Å². The third-order valence-corrected chi connectivity index (χ3v) is 5.25. The van der Waals surface area contributed by atoms with E-state index in [0.717, 1.165) is 6.54 Å². The molecule has 7 nitrogen and oxygen atoms in total. The number of ketones is 1. The van der Waals surface area contributed by atoms with Crippen molar-refractivity contribution in [3.63, 3.8) is 0 Å². The first-order valence-electron chi connectivity index (χ1n) is 10.4. The Balaban J connectivity index is 2.02. The number of carbonyl (C=O) groups is 2. The summed E-state index contributed by atoms with van der Waals surface area (Å²) in [7, 11) is 3.88. The van der Waals surface area contributed by atoms with Gasteiger partial charge in [0.15, 0.2) is 0 Å². The second-order valence-electron chi connectivity index (χ2n) is 7.86. The van der Waals surface area contributed by atoms with Crippen LogP contribution in [0.1, 0.15) is 23.6 Å². The highest BCUT2D eigenvalue weighted by Gasteiger charge is 2.45. The van der Waals surface area contributed by atoms with Gasteiger partial charge >= 0.3 is 0 Å². The van der Waals surface area contributed by atoms with Crippen LogP contribution in [-0.4, -0.2) is 65.5 Å². The van der Waals surface area contributed by atoms with Gasteiger partial charge in [-0.15, -0.1) is 0 Å². The standard InChI is InChI=1S/C25H28N2O5/c1-4-16-32-20-12-8-18(9-13-20)23(29)21-22(17-6-10-19(28)11-7-17)27(25(31)24(21)30)15-5-14-26(2)3/h4,6-13,22,28-29H,1,5,14-16H2,2-3H3/b23-21+/t22-/m1/s1. The number of Topliss-reactive ketones (excluding diaryl/α,β-unsaturated/α-hetero) is 1.